The van der Waals surface area contributed by atoms with Crippen LogP contribution in [-0.4, -0.2) is 24.2 Å². The molecule has 0 aliphatic carbocycles. The fourth-order valence-corrected chi connectivity index (χ4v) is 5.59. The number of hydrazone groups is 2. The second-order valence-electron chi connectivity index (χ2n) is 10.4. The third-order valence-corrected chi connectivity index (χ3v) is 7.75. The van der Waals surface area contributed by atoms with E-state index in [4.69, 9.17) is 0 Å². The molecule has 0 aromatic heterocycles. The van der Waals surface area contributed by atoms with Crippen LogP contribution in [0.3, 0.4) is 0 Å². The number of amides is 2. The van der Waals surface area contributed by atoms with Crippen LogP contribution in [-0.2, 0) is 0 Å². The molecule has 2 N–H and O–H groups in total. The Hall–Kier alpha value is -6.14. The molecule has 0 unspecified atom stereocenters. The summed E-state index contributed by atoms with van der Waals surface area (Å²) in [5.74, 6) is -0.753. The fourth-order valence-electron chi connectivity index (χ4n) is 5.59. The van der Waals surface area contributed by atoms with E-state index in [1.165, 1.54) is 0 Å². The summed E-state index contributed by atoms with van der Waals surface area (Å²) in [4.78, 5) is 25.7. The normalized spacial score (nSPS) is 11.6. The molecule has 0 radical (unpaired) electrons. The molecular formula is C38H26N4O2. The number of hydrogen-bond donors (Lipinski definition) is 2. The van der Waals surface area contributed by atoms with Crippen LogP contribution < -0.4 is 10.9 Å². The van der Waals surface area contributed by atoms with Crippen LogP contribution in [0.2, 0.25) is 0 Å². The molecule has 0 aliphatic heterocycles. The Morgan fingerprint density at radius 1 is 0.432 bits per heavy atom. The van der Waals surface area contributed by atoms with Gasteiger partial charge in [0.25, 0.3) is 11.8 Å². The average Bonchev–Trinajstić information content (AvgIpc) is 3.07. The highest BCUT2D eigenvalue weighted by molar-refractivity contribution is 6.14. The first kappa shape index (κ1) is 26.7. The van der Waals surface area contributed by atoms with Gasteiger partial charge in [-0.2, -0.15) is 10.2 Å². The van der Waals surface area contributed by atoms with Crippen LogP contribution >= 0.6 is 0 Å². The van der Waals surface area contributed by atoms with Crippen LogP contribution in [0.4, 0.5) is 0 Å². The molecule has 6 nitrogen and oxygen atoms in total. The maximum absolute atomic E-state index is 12.8. The summed E-state index contributed by atoms with van der Waals surface area (Å²) in [5.41, 5.74) is 7.86. The lowest BCUT2D eigenvalue weighted by atomic mass is 9.97. The van der Waals surface area contributed by atoms with Crippen LogP contribution in [0, 0.1) is 0 Å². The number of benzene rings is 7. The molecule has 7 aromatic carbocycles. The summed E-state index contributed by atoms with van der Waals surface area (Å²) in [5, 5.41) is 17.1. The molecule has 6 heteroatoms. The number of hydrogen-bond acceptors (Lipinski definition) is 4. The maximum atomic E-state index is 12.8. The average molecular weight is 571 g/mol. The van der Waals surface area contributed by atoms with Gasteiger partial charge in [-0.15, -0.1) is 0 Å². The standard InChI is InChI=1S/C38H26N4O2/c43-37(41-39-23-35-31-13-5-1-9-27(31)21-28-10-2-6-14-32(28)35)25-17-19-26(20-18-25)38(44)42-40-24-36-33-15-7-3-11-29(33)22-30-12-4-8-16-34(30)36/h1-24H,(H,41,43)(H,42,44)/b39-23+,40-24+. The third-order valence-electron chi connectivity index (χ3n) is 7.75. The zero-order valence-electron chi connectivity index (χ0n) is 23.6. The first-order chi connectivity index (χ1) is 21.7. The summed E-state index contributed by atoms with van der Waals surface area (Å²) >= 11 is 0. The lowest BCUT2D eigenvalue weighted by Crippen LogP contribution is -2.19. The maximum Gasteiger partial charge on any atom is 0.271 e. The molecule has 0 heterocycles. The van der Waals surface area contributed by atoms with Gasteiger partial charge in [0.05, 0.1) is 12.4 Å². The Morgan fingerprint density at radius 2 is 0.727 bits per heavy atom. The van der Waals surface area contributed by atoms with E-state index in [1.807, 2.05) is 72.8 Å². The quantitative estimate of drug-likeness (QED) is 0.121. The van der Waals surface area contributed by atoms with Gasteiger partial charge in [0, 0.05) is 22.3 Å². The molecule has 0 saturated heterocycles. The molecule has 7 rings (SSSR count). The van der Waals surface area contributed by atoms with Crippen molar-refractivity contribution in [2.45, 2.75) is 0 Å². The van der Waals surface area contributed by atoms with E-state index in [9.17, 15) is 9.59 Å². The van der Waals surface area contributed by atoms with Gasteiger partial charge in [-0.25, -0.2) is 10.9 Å². The first-order valence-corrected chi connectivity index (χ1v) is 14.2. The second kappa shape index (κ2) is 11.6. The third kappa shape index (κ3) is 5.16. The predicted molar refractivity (Wildman–Crippen MR) is 179 cm³/mol. The number of carbonyl (C=O) groups is 2. The van der Waals surface area contributed by atoms with Gasteiger partial charge < -0.3 is 0 Å². The first-order valence-electron chi connectivity index (χ1n) is 14.2. The number of fused-ring (bicyclic) bond motifs is 4. The molecule has 7 aromatic rings. The molecule has 0 fully saturated rings. The monoisotopic (exact) mass is 570 g/mol. The van der Waals surface area contributed by atoms with Crippen molar-refractivity contribution >= 4 is 67.3 Å². The molecule has 210 valence electrons. The van der Waals surface area contributed by atoms with Crippen molar-refractivity contribution in [1.82, 2.24) is 10.9 Å². The van der Waals surface area contributed by atoms with Gasteiger partial charge in [0.1, 0.15) is 0 Å². The Bertz CT molecular complexity index is 2000. The summed E-state index contributed by atoms with van der Waals surface area (Å²) in [7, 11) is 0. The van der Waals surface area contributed by atoms with Gasteiger partial charge in [-0.1, -0.05) is 97.1 Å². The molecule has 0 saturated carbocycles. The van der Waals surface area contributed by atoms with Gasteiger partial charge in [0.15, 0.2) is 0 Å². The largest absolute Gasteiger partial charge is 0.271 e. The zero-order chi connectivity index (χ0) is 29.9. The summed E-state index contributed by atoms with van der Waals surface area (Å²) in [6, 6.07) is 43.1. The van der Waals surface area contributed by atoms with Crippen molar-refractivity contribution in [2.24, 2.45) is 10.2 Å². The smallest absolute Gasteiger partial charge is 0.267 e. The minimum absolute atomic E-state index is 0.376. The van der Waals surface area contributed by atoms with Gasteiger partial charge >= 0.3 is 0 Å². The molecule has 0 atom stereocenters. The Balaban J connectivity index is 1.05. The van der Waals surface area contributed by atoms with E-state index < -0.39 is 0 Å². The predicted octanol–water partition coefficient (Wildman–Crippen LogP) is 7.83. The molecule has 0 bridgehead atoms. The van der Waals surface area contributed by atoms with Crippen molar-refractivity contribution in [3.63, 3.8) is 0 Å². The SMILES string of the molecule is O=C(N/N=C/c1c2ccccc2cc2ccccc12)c1ccc(C(=O)N/N=C/c2c3ccccc3cc3ccccc23)cc1. The number of carbonyl (C=O) groups excluding carboxylic acids is 2. The topological polar surface area (TPSA) is 82.9 Å². The summed E-state index contributed by atoms with van der Waals surface area (Å²) < 4.78 is 0. The van der Waals surface area contributed by atoms with Crippen molar-refractivity contribution in [2.75, 3.05) is 0 Å². The van der Waals surface area contributed by atoms with E-state index in [0.29, 0.717) is 11.1 Å². The lowest BCUT2D eigenvalue weighted by Gasteiger charge is -2.08. The number of nitrogens with one attached hydrogen (secondary N) is 2. The highest BCUT2D eigenvalue weighted by Crippen LogP contribution is 2.28. The Labute approximate surface area is 253 Å². The highest BCUT2D eigenvalue weighted by Gasteiger charge is 2.10. The minimum atomic E-state index is -0.376. The number of nitrogens with zero attached hydrogens (tertiary/aromatic N) is 2. The fraction of sp³-hybridized carbons (Fsp3) is 0. The Morgan fingerprint density at radius 3 is 1.05 bits per heavy atom. The summed E-state index contributed by atoms with van der Waals surface area (Å²) in [6.07, 6.45) is 3.36. The van der Waals surface area contributed by atoms with Crippen LogP contribution in [0.5, 0.6) is 0 Å². The van der Waals surface area contributed by atoms with E-state index in [-0.39, 0.29) is 11.8 Å². The molecule has 0 aliphatic rings. The van der Waals surface area contributed by atoms with E-state index in [2.05, 4.69) is 57.5 Å². The minimum Gasteiger partial charge on any atom is -0.267 e. The highest BCUT2D eigenvalue weighted by atomic mass is 16.2. The van der Waals surface area contributed by atoms with Crippen LogP contribution in [0.1, 0.15) is 31.8 Å². The molecule has 0 spiro atoms. The summed E-state index contributed by atoms with van der Waals surface area (Å²) in [6.45, 7) is 0. The van der Waals surface area contributed by atoms with Crippen molar-refractivity contribution in [3.8, 4) is 0 Å². The molecule has 44 heavy (non-hydrogen) atoms. The van der Waals surface area contributed by atoms with E-state index >= 15 is 0 Å². The molecule has 2 amide bonds. The van der Waals surface area contributed by atoms with Crippen LogP contribution in [0.25, 0.3) is 43.1 Å². The van der Waals surface area contributed by atoms with Crippen LogP contribution in [0.15, 0.2) is 144 Å². The second-order valence-corrected chi connectivity index (χ2v) is 10.4. The zero-order valence-corrected chi connectivity index (χ0v) is 23.6. The lowest BCUT2D eigenvalue weighted by molar-refractivity contribution is 0.0943. The van der Waals surface area contributed by atoms with Gasteiger partial charge in [-0.3, -0.25) is 9.59 Å². The van der Waals surface area contributed by atoms with Gasteiger partial charge in [-0.05, 0) is 79.5 Å². The van der Waals surface area contributed by atoms with Crippen molar-refractivity contribution in [3.05, 3.63) is 156 Å². The van der Waals surface area contributed by atoms with Crippen molar-refractivity contribution in [1.29, 1.82) is 0 Å². The molecular weight excluding hydrogens is 544 g/mol. The van der Waals surface area contributed by atoms with Crippen molar-refractivity contribution < 1.29 is 9.59 Å². The number of rotatable bonds is 6. The van der Waals surface area contributed by atoms with E-state index in [0.717, 1.165) is 54.2 Å². The van der Waals surface area contributed by atoms with E-state index in [1.54, 1.807) is 36.7 Å². The van der Waals surface area contributed by atoms with Gasteiger partial charge in [0.2, 0.25) is 0 Å². The Kier molecular flexibility index (Phi) is 7.06.